The Morgan fingerprint density at radius 3 is 2.88 bits per heavy atom. The Bertz CT molecular complexity index is 604. The summed E-state index contributed by atoms with van der Waals surface area (Å²) in [5, 5.41) is 17.8. The Labute approximate surface area is 154 Å². The third-order valence-corrected chi connectivity index (χ3v) is 4.35. The molecule has 0 aliphatic carbocycles. The van der Waals surface area contributed by atoms with Gasteiger partial charge in [-0.05, 0) is 37.3 Å². The van der Waals surface area contributed by atoms with Crippen molar-refractivity contribution in [3.05, 3.63) is 23.8 Å². The highest BCUT2D eigenvalue weighted by Gasteiger charge is 2.12. The summed E-state index contributed by atoms with van der Waals surface area (Å²) in [5.74, 6) is 0.810. The second kappa shape index (κ2) is 10.2. The van der Waals surface area contributed by atoms with Crippen molar-refractivity contribution >= 4 is 23.0 Å². The Kier molecular flexibility index (Phi) is 7.90. The van der Waals surface area contributed by atoms with Crippen molar-refractivity contribution in [1.82, 2.24) is 10.7 Å². The first-order valence-corrected chi connectivity index (χ1v) is 8.88. The van der Waals surface area contributed by atoms with E-state index in [0.29, 0.717) is 22.1 Å². The Morgan fingerprint density at radius 1 is 1.40 bits per heavy atom. The number of thiocarbonyl (C=S) groups is 1. The summed E-state index contributed by atoms with van der Waals surface area (Å²) in [4.78, 5) is 1.58. The van der Waals surface area contributed by atoms with Crippen molar-refractivity contribution in [2.45, 2.75) is 13.3 Å². The highest BCUT2D eigenvalue weighted by atomic mass is 32.1. The number of methoxy groups -OCH3 is 1. The predicted molar refractivity (Wildman–Crippen MR) is 102 cm³/mol. The number of quaternary nitrogens is 1. The number of phenols is 1. The number of morpholine rings is 1. The van der Waals surface area contributed by atoms with Gasteiger partial charge in [0.05, 0.1) is 32.6 Å². The molecule has 7 nitrogen and oxygen atoms in total. The van der Waals surface area contributed by atoms with E-state index in [0.717, 1.165) is 45.8 Å². The van der Waals surface area contributed by atoms with Crippen molar-refractivity contribution in [3.8, 4) is 11.5 Å². The molecule has 1 fully saturated rings. The average Bonchev–Trinajstić information content (AvgIpc) is 2.64. The van der Waals surface area contributed by atoms with Crippen LogP contribution in [0.1, 0.15) is 18.9 Å². The quantitative estimate of drug-likeness (QED) is 0.233. The van der Waals surface area contributed by atoms with Crippen molar-refractivity contribution in [2.75, 3.05) is 46.5 Å². The van der Waals surface area contributed by atoms with E-state index in [4.69, 9.17) is 21.7 Å². The standard InChI is InChI=1S/C17H26N4O3S/c1-13(15-12-14(23-2)4-5-16(15)22)19-20-17(25)18-6-3-7-21-8-10-24-11-9-21/h4-5,12,22H,3,6-11H2,1-2H3,(H2,18,20,25)/p+1/b19-13+. The lowest BCUT2D eigenvalue weighted by atomic mass is 10.1. The van der Waals surface area contributed by atoms with Crippen LogP contribution in [0.2, 0.25) is 0 Å². The van der Waals surface area contributed by atoms with E-state index >= 15 is 0 Å². The van der Waals surface area contributed by atoms with Crippen molar-refractivity contribution < 1.29 is 19.5 Å². The monoisotopic (exact) mass is 367 g/mol. The largest absolute Gasteiger partial charge is 0.507 e. The number of rotatable bonds is 7. The van der Waals surface area contributed by atoms with Crippen LogP contribution in [0.25, 0.3) is 0 Å². The molecule has 0 aromatic heterocycles. The minimum atomic E-state index is 0.149. The van der Waals surface area contributed by atoms with Gasteiger partial charge in [-0.3, -0.25) is 5.43 Å². The molecule has 138 valence electrons. The van der Waals surface area contributed by atoms with Gasteiger partial charge in [-0.15, -0.1) is 0 Å². The molecule has 8 heteroatoms. The highest BCUT2D eigenvalue weighted by Crippen LogP contribution is 2.23. The van der Waals surface area contributed by atoms with Crippen LogP contribution in [0.4, 0.5) is 0 Å². The van der Waals surface area contributed by atoms with Gasteiger partial charge in [0.25, 0.3) is 0 Å². The lowest BCUT2D eigenvalue weighted by Crippen LogP contribution is -3.14. The van der Waals surface area contributed by atoms with Crippen LogP contribution in [0.3, 0.4) is 0 Å². The average molecular weight is 367 g/mol. The molecule has 25 heavy (non-hydrogen) atoms. The van der Waals surface area contributed by atoms with Gasteiger partial charge >= 0.3 is 0 Å². The number of benzene rings is 1. The number of nitrogens with one attached hydrogen (secondary N) is 3. The van der Waals surface area contributed by atoms with Gasteiger partial charge in [-0.25, -0.2) is 0 Å². The molecule has 0 radical (unpaired) electrons. The number of hydrogen-bond acceptors (Lipinski definition) is 5. The fourth-order valence-electron chi connectivity index (χ4n) is 2.62. The third kappa shape index (κ3) is 6.49. The predicted octanol–water partition coefficient (Wildman–Crippen LogP) is -0.106. The summed E-state index contributed by atoms with van der Waals surface area (Å²) in [6, 6.07) is 5.01. The maximum absolute atomic E-state index is 9.94. The number of hydrogen-bond donors (Lipinski definition) is 4. The summed E-state index contributed by atoms with van der Waals surface area (Å²) < 4.78 is 10.5. The highest BCUT2D eigenvalue weighted by molar-refractivity contribution is 7.80. The zero-order valence-electron chi connectivity index (χ0n) is 14.8. The molecule has 0 unspecified atom stereocenters. The van der Waals surface area contributed by atoms with Crippen molar-refractivity contribution in [1.29, 1.82) is 0 Å². The van der Waals surface area contributed by atoms with Crippen LogP contribution in [0, 0.1) is 0 Å². The second-order valence-corrected chi connectivity index (χ2v) is 6.32. The normalized spacial score (nSPS) is 15.7. The molecule has 0 amide bonds. The Balaban J connectivity index is 1.73. The van der Waals surface area contributed by atoms with Gasteiger partial charge in [-0.2, -0.15) is 5.10 Å². The van der Waals surface area contributed by atoms with Gasteiger partial charge in [0.15, 0.2) is 5.11 Å². The van der Waals surface area contributed by atoms with Crippen LogP contribution in [0.15, 0.2) is 23.3 Å². The van der Waals surface area contributed by atoms with Gasteiger partial charge in [-0.1, -0.05) is 0 Å². The van der Waals surface area contributed by atoms with Crippen LogP contribution in [-0.2, 0) is 4.74 Å². The SMILES string of the molecule is COc1ccc(O)c(/C(C)=N/NC(=S)NCCC[NH+]2CCOCC2)c1. The van der Waals surface area contributed by atoms with E-state index in [9.17, 15) is 5.11 Å². The van der Waals surface area contributed by atoms with E-state index in [1.165, 1.54) is 0 Å². The van der Waals surface area contributed by atoms with Crippen LogP contribution in [-0.4, -0.2) is 62.4 Å². The lowest BCUT2D eigenvalue weighted by Gasteiger charge is -2.23. The molecular formula is C17H27N4O3S+. The molecule has 4 N–H and O–H groups in total. The van der Waals surface area contributed by atoms with Crippen LogP contribution < -0.4 is 20.4 Å². The maximum atomic E-state index is 9.94. The molecule has 1 aliphatic rings. The summed E-state index contributed by atoms with van der Waals surface area (Å²) >= 11 is 5.23. The topological polar surface area (TPSA) is 79.5 Å². The van der Waals surface area contributed by atoms with Crippen LogP contribution >= 0.6 is 12.2 Å². The second-order valence-electron chi connectivity index (χ2n) is 5.91. The number of ether oxygens (including phenoxy) is 2. The van der Waals surface area contributed by atoms with Gasteiger partial charge in [0.1, 0.15) is 24.6 Å². The van der Waals surface area contributed by atoms with E-state index in [1.54, 1.807) is 37.1 Å². The maximum Gasteiger partial charge on any atom is 0.186 e. The van der Waals surface area contributed by atoms with Gasteiger partial charge < -0.3 is 24.8 Å². The smallest absolute Gasteiger partial charge is 0.186 e. The molecule has 1 saturated heterocycles. The summed E-state index contributed by atoms with van der Waals surface area (Å²) in [7, 11) is 1.58. The van der Waals surface area contributed by atoms with Crippen molar-refractivity contribution in [2.24, 2.45) is 5.10 Å². The minimum Gasteiger partial charge on any atom is -0.507 e. The fraction of sp³-hybridized carbons (Fsp3) is 0.529. The zero-order chi connectivity index (χ0) is 18.1. The summed E-state index contributed by atoms with van der Waals surface area (Å²) in [6.45, 7) is 7.58. The zero-order valence-corrected chi connectivity index (χ0v) is 15.6. The molecular weight excluding hydrogens is 340 g/mol. The first-order chi connectivity index (χ1) is 12.1. The molecule has 0 saturated carbocycles. The Hall–Kier alpha value is -1.90. The first kappa shape index (κ1) is 19.4. The summed E-state index contributed by atoms with van der Waals surface area (Å²) in [5.41, 5.74) is 4.04. The molecule has 0 bridgehead atoms. The van der Waals surface area contributed by atoms with E-state index in [2.05, 4.69) is 15.8 Å². The fourth-order valence-corrected chi connectivity index (χ4v) is 2.76. The van der Waals surface area contributed by atoms with E-state index < -0.39 is 0 Å². The van der Waals surface area contributed by atoms with Gasteiger partial charge in [0, 0.05) is 18.5 Å². The number of hydrazone groups is 1. The van der Waals surface area contributed by atoms with Crippen molar-refractivity contribution in [3.63, 3.8) is 0 Å². The lowest BCUT2D eigenvalue weighted by molar-refractivity contribution is -0.908. The van der Waals surface area contributed by atoms with E-state index in [-0.39, 0.29) is 5.75 Å². The number of aromatic hydroxyl groups is 1. The molecule has 1 heterocycles. The Morgan fingerprint density at radius 2 is 2.16 bits per heavy atom. The number of nitrogens with zero attached hydrogens (tertiary/aromatic N) is 1. The van der Waals surface area contributed by atoms with E-state index in [1.807, 2.05) is 0 Å². The van der Waals surface area contributed by atoms with Gasteiger partial charge in [0.2, 0.25) is 0 Å². The molecule has 1 aromatic carbocycles. The molecule has 1 aromatic rings. The summed E-state index contributed by atoms with van der Waals surface area (Å²) in [6.07, 6.45) is 1.04. The molecule has 2 rings (SSSR count). The minimum absolute atomic E-state index is 0.149. The molecule has 0 atom stereocenters. The third-order valence-electron chi connectivity index (χ3n) is 4.11. The first-order valence-electron chi connectivity index (χ1n) is 8.47. The number of phenolic OH excluding ortho intramolecular Hbond substituents is 1. The molecule has 1 aliphatic heterocycles. The molecule has 0 spiro atoms. The van der Waals surface area contributed by atoms with Crippen LogP contribution in [0.5, 0.6) is 11.5 Å².